The third-order valence-electron chi connectivity index (χ3n) is 3.69. The van der Waals surface area contributed by atoms with Gasteiger partial charge >= 0.3 is 0 Å². The highest BCUT2D eigenvalue weighted by Crippen LogP contribution is 2.30. The van der Waals surface area contributed by atoms with Crippen LogP contribution in [-0.4, -0.2) is 6.04 Å². The van der Waals surface area contributed by atoms with Crippen LogP contribution < -0.4 is 5.73 Å². The smallest absolute Gasteiger partial charge is 0.0453 e. The van der Waals surface area contributed by atoms with E-state index in [-0.39, 0.29) is 6.04 Å². The third-order valence-corrected chi connectivity index (χ3v) is 4.39. The van der Waals surface area contributed by atoms with Crippen molar-refractivity contribution in [1.82, 2.24) is 0 Å². The first-order valence-electron chi connectivity index (χ1n) is 6.87. The van der Waals surface area contributed by atoms with Crippen LogP contribution in [0.5, 0.6) is 0 Å². The highest BCUT2D eigenvalue weighted by Gasteiger charge is 2.20. The molecule has 0 saturated heterocycles. The molecule has 0 spiro atoms. The maximum absolute atomic E-state index is 6.41. The highest BCUT2D eigenvalue weighted by atomic mass is 35.5. The molecule has 2 N–H and O–H groups in total. The molecule has 2 rings (SSSR count). The third kappa shape index (κ3) is 3.54. The maximum Gasteiger partial charge on any atom is 0.0453 e. The van der Waals surface area contributed by atoms with E-state index < -0.39 is 0 Å². The lowest BCUT2D eigenvalue weighted by Gasteiger charge is -2.24. The summed E-state index contributed by atoms with van der Waals surface area (Å²) in [5.41, 5.74) is 8.62. The molecule has 2 aromatic rings. The lowest BCUT2D eigenvalue weighted by atomic mass is 9.86. The summed E-state index contributed by atoms with van der Waals surface area (Å²) in [6.07, 6.45) is 1.68. The van der Waals surface area contributed by atoms with Crippen LogP contribution >= 0.6 is 23.2 Å². The van der Waals surface area contributed by atoms with E-state index >= 15 is 0 Å². The molecule has 1 nitrogen and oxygen atoms in total. The van der Waals surface area contributed by atoms with Gasteiger partial charge < -0.3 is 5.73 Å². The van der Waals surface area contributed by atoms with Crippen molar-refractivity contribution in [3.63, 3.8) is 0 Å². The number of rotatable bonds is 5. The van der Waals surface area contributed by atoms with E-state index in [1.807, 2.05) is 36.4 Å². The first kappa shape index (κ1) is 15.4. The van der Waals surface area contributed by atoms with Crippen molar-refractivity contribution >= 4 is 23.2 Å². The zero-order valence-electron chi connectivity index (χ0n) is 11.5. The zero-order chi connectivity index (χ0) is 14.5. The Kier molecular flexibility index (Phi) is 5.47. The Balaban J connectivity index is 2.20. The standard InChI is InChI=1S/C17H19Cl2N/c1-2-13(12-7-4-3-5-8-12)17(20)11-14-15(18)9-6-10-16(14)19/h3-10,13,17H,2,11,20H2,1H3. The normalized spacial score (nSPS) is 14.0. The van der Waals surface area contributed by atoms with Gasteiger partial charge in [0.05, 0.1) is 0 Å². The van der Waals surface area contributed by atoms with E-state index in [0.717, 1.165) is 12.0 Å². The molecule has 2 unspecified atom stereocenters. The van der Waals surface area contributed by atoms with Gasteiger partial charge in [0, 0.05) is 16.1 Å². The molecule has 0 aliphatic rings. The fraction of sp³-hybridized carbons (Fsp3) is 0.294. The summed E-state index contributed by atoms with van der Waals surface area (Å²) in [7, 11) is 0. The minimum absolute atomic E-state index is 0.000185. The molecule has 106 valence electrons. The summed E-state index contributed by atoms with van der Waals surface area (Å²) in [6, 6.07) is 15.9. The van der Waals surface area contributed by atoms with Gasteiger partial charge in [0.25, 0.3) is 0 Å². The molecule has 2 aromatic carbocycles. The zero-order valence-corrected chi connectivity index (χ0v) is 13.0. The van der Waals surface area contributed by atoms with Crippen molar-refractivity contribution < 1.29 is 0 Å². The molecular formula is C17H19Cl2N. The van der Waals surface area contributed by atoms with Crippen LogP contribution in [0.25, 0.3) is 0 Å². The number of hydrogen-bond donors (Lipinski definition) is 1. The van der Waals surface area contributed by atoms with Crippen molar-refractivity contribution in [2.45, 2.75) is 31.7 Å². The number of halogens is 2. The second kappa shape index (κ2) is 7.12. The van der Waals surface area contributed by atoms with Crippen molar-refractivity contribution in [1.29, 1.82) is 0 Å². The van der Waals surface area contributed by atoms with E-state index in [9.17, 15) is 0 Å². The van der Waals surface area contributed by atoms with E-state index in [0.29, 0.717) is 22.4 Å². The Morgan fingerprint density at radius 2 is 1.55 bits per heavy atom. The van der Waals surface area contributed by atoms with Crippen molar-refractivity contribution in [3.8, 4) is 0 Å². The molecule has 2 atom stereocenters. The Bertz CT molecular complexity index is 534. The molecule has 0 heterocycles. The van der Waals surface area contributed by atoms with Crippen LogP contribution in [0.4, 0.5) is 0 Å². The van der Waals surface area contributed by atoms with Crippen molar-refractivity contribution in [2.24, 2.45) is 5.73 Å². The van der Waals surface area contributed by atoms with E-state index in [1.54, 1.807) is 0 Å². The van der Waals surface area contributed by atoms with Gasteiger partial charge in [-0.05, 0) is 42.0 Å². The lowest BCUT2D eigenvalue weighted by Crippen LogP contribution is -2.30. The van der Waals surface area contributed by atoms with Gasteiger partial charge in [-0.2, -0.15) is 0 Å². The van der Waals surface area contributed by atoms with Gasteiger partial charge in [0.15, 0.2) is 0 Å². The molecule has 0 aliphatic carbocycles. The molecular weight excluding hydrogens is 289 g/mol. The van der Waals surface area contributed by atoms with E-state index in [4.69, 9.17) is 28.9 Å². The first-order chi connectivity index (χ1) is 9.63. The molecule has 0 radical (unpaired) electrons. The van der Waals surface area contributed by atoms with Gasteiger partial charge in [0.1, 0.15) is 0 Å². The number of nitrogens with two attached hydrogens (primary N) is 1. The van der Waals surface area contributed by atoms with E-state index in [2.05, 4.69) is 19.1 Å². The number of hydrogen-bond acceptors (Lipinski definition) is 1. The molecule has 3 heteroatoms. The molecule has 20 heavy (non-hydrogen) atoms. The van der Waals surface area contributed by atoms with Crippen LogP contribution in [0.1, 0.15) is 30.4 Å². The fourth-order valence-corrected chi connectivity index (χ4v) is 3.14. The quantitative estimate of drug-likeness (QED) is 0.821. The van der Waals surface area contributed by atoms with Gasteiger partial charge in [0.2, 0.25) is 0 Å². The predicted molar refractivity (Wildman–Crippen MR) is 87.6 cm³/mol. The summed E-state index contributed by atoms with van der Waals surface area (Å²) < 4.78 is 0. The van der Waals surface area contributed by atoms with Crippen LogP contribution in [-0.2, 0) is 6.42 Å². The highest BCUT2D eigenvalue weighted by molar-refractivity contribution is 6.36. The molecule has 0 fully saturated rings. The molecule has 0 aromatic heterocycles. The molecule has 0 aliphatic heterocycles. The summed E-state index contributed by atoms with van der Waals surface area (Å²) >= 11 is 12.5. The Morgan fingerprint density at radius 1 is 0.950 bits per heavy atom. The fourth-order valence-electron chi connectivity index (χ4n) is 2.59. The van der Waals surface area contributed by atoms with Gasteiger partial charge in [-0.25, -0.2) is 0 Å². The second-order valence-corrected chi connectivity index (χ2v) is 5.81. The summed E-state index contributed by atoms with van der Waals surface area (Å²) in [6.45, 7) is 2.16. The van der Waals surface area contributed by atoms with Crippen LogP contribution in [0, 0.1) is 0 Å². The lowest BCUT2D eigenvalue weighted by molar-refractivity contribution is 0.515. The van der Waals surface area contributed by atoms with E-state index in [1.165, 1.54) is 5.56 Å². The van der Waals surface area contributed by atoms with Crippen LogP contribution in [0.3, 0.4) is 0 Å². The maximum atomic E-state index is 6.41. The Hall–Kier alpha value is -1.02. The van der Waals surface area contributed by atoms with Gasteiger partial charge in [-0.3, -0.25) is 0 Å². The van der Waals surface area contributed by atoms with Crippen LogP contribution in [0.2, 0.25) is 10.0 Å². The van der Waals surface area contributed by atoms with Crippen molar-refractivity contribution in [2.75, 3.05) is 0 Å². The topological polar surface area (TPSA) is 26.0 Å². The SMILES string of the molecule is CCC(c1ccccc1)C(N)Cc1c(Cl)cccc1Cl. The summed E-state index contributed by atoms with van der Waals surface area (Å²) in [5.74, 6) is 0.309. The largest absolute Gasteiger partial charge is 0.327 e. The Labute approximate surface area is 130 Å². The average Bonchev–Trinajstić information content (AvgIpc) is 2.45. The van der Waals surface area contributed by atoms with Gasteiger partial charge in [-0.15, -0.1) is 0 Å². The predicted octanol–water partition coefficient (Wildman–Crippen LogP) is 5.06. The minimum Gasteiger partial charge on any atom is -0.327 e. The van der Waals surface area contributed by atoms with Gasteiger partial charge in [-0.1, -0.05) is 66.5 Å². The Morgan fingerprint density at radius 3 is 2.10 bits per heavy atom. The first-order valence-corrected chi connectivity index (χ1v) is 7.62. The average molecular weight is 308 g/mol. The van der Waals surface area contributed by atoms with Crippen LogP contribution in [0.15, 0.2) is 48.5 Å². The molecule has 0 bridgehead atoms. The molecule has 0 amide bonds. The van der Waals surface area contributed by atoms with Crippen molar-refractivity contribution in [3.05, 3.63) is 69.7 Å². The molecule has 0 saturated carbocycles. The monoisotopic (exact) mass is 307 g/mol. The number of benzene rings is 2. The summed E-state index contributed by atoms with van der Waals surface area (Å²) in [5, 5.41) is 1.38. The summed E-state index contributed by atoms with van der Waals surface area (Å²) in [4.78, 5) is 0. The second-order valence-electron chi connectivity index (χ2n) is 4.99. The minimum atomic E-state index is -0.000185.